The van der Waals surface area contributed by atoms with E-state index < -0.39 is 4.92 Å². The van der Waals surface area contributed by atoms with Gasteiger partial charge in [0, 0.05) is 0 Å². The largest absolute Gasteiger partial charge is 0.410 e. The summed E-state index contributed by atoms with van der Waals surface area (Å²) in [4.78, 5) is 11.0. The third kappa shape index (κ3) is 2.79. The molecular weight excluding hydrogens is 174 g/mol. The number of nitrogens with zero attached hydrogens (tertiary/aromatic N) is 4. The molecule has 0 saturated heterocycles. The fraction of sp³-hybridized carbons (Fsp3) is 0.667. The number of nitrogens with one attached hydrogen (secondary N) is 1. The van der Waals surface area contributed by atoms with E-state index in [4.69, 9.17) is 0 Å². The molecule has 13 heavy (non-hydrogen) atoms. The summed E-state index contributed by atoms with van der Waals surface area (Å²) < 4.78 is 0. The van der Waals surface area contributed by atoms with Gasteiger partial charge in [-0.25, -0.2) is 0 Å². The Morgan fingerprint density at radius 3 is 3.08 bits per heavy atom. The Morgan fingerprint density at radius 2 is 2.54 bits per heavy atom. The summed E-state index contributed by atoms with van der Waals surface area (Å²) in [6, 6.07) is 0. The van der Waals surface area contributed by atoms with Gasteiger partial charge in [0.2, 0.25) is 0 Å². The van der Waals surface area contributed by atoms with Gasteiger partial charge in [-0.3, -0.25) is 0 Å². The maximum Gasteiger partial charge on any atom is 0.410 e. The molecular formula is C6H11N5O2. The predicted molar refractivity (Wildman–Crippen MR) is 45.2 cm³/mol. The molecule has 0 aromatic carbocycles. The minimum absolute atomic E-state index is 0.204. The molecule has 0 saturated carbocycles. The highest BCUT2D eigenvalue weighted by atomic mass is 16.6. The highest BCUT2D eigenvalue weighted by molar-refractivity contribution is 5.07. The molecule has 0 aliphatic carbocycles. The van der Waals surface area contributed by atoms with E-state index in [1.165, 1.54) is 4.80 Å². The van der Waals surface area contributed by atoms with Crippen LogP contribution in [0.4, 0.5) is 5.82 Å². The first-order valence-corrected chi connectivity index (χ1v) is 3.93. The van der Waals surface area contributed by atoms with Gasteiger partial charge < -0.3 is 15.4 Å². The van der Waals surface area contributed by atoms with Crippen molar-refractivity contribution in [1.29, 1.82) is 0 Å². The molecule has 1 aromatic heterocycles. The van der Waals surface area contributed by atoms with Crippen LogP contribution in [0.2, 0.25) is 0 Å². The van der Waals surface area contributed by atoms with Crippen molar-refractivity contribution in [2.45, 2.75) is 13.0 Å². The number of aromatic nitrogens is 3. The van der Waals surface area contributed by atoms with Gasteiger partial charge in [0.15, 0.2) is 6.20 Å². The van der Waals surface area contributed by atoms with Crippen molar-refractivity contribution < 1.29 is 4.92 Å². The van der Waals surface area contributed by atoms with E-state index in [-0.39, 0.29) is 5.82 Å². The second-order valence-corrected chi connectivity index (χ2v) is 2.51. The molecule has 0 unspecified atom stereocenters. The summed E-state index contributed by atoms with van der Waals surface area (Å²) in [7, 11) is 1.85. The van der Waals surface area contributed by atoms with Crippen LogP contribution in [-0.4, -0.2) is 33.5 Å². The lowest BCUT2D eigenvalue weighted by molar-refractivity contribution is -0.389. The molecule has 72 valence electrons. The summed E-state index contributed by atoms with van der Waals surface area (Å²) in [5.74, 6) is -0.204. The van der Waals surface area contributed by atoms with E-state index in [2.05, 4.69) is 15.5 Å². The van der Waals surface area contributed by atoms with Gasteiger partial charge in [-0.1, -0.05) is 4.80 Å². The second-order valence-electron chi connectivity index (χ2n) is 2.51. The average molecular weight is 185 g/mol. The lowest BCUT2D eigenvalue weighted by Gasteiger charge is -1.94. The molecule has 1 N–H and O–H groups in total. The minimum atomic E-state index is -0.554. The van der Waals surface area contributed by atoms with Crippen molar-refractivity contribution in [1.82, 2.24) is 20.3 Å². The highest BCUT2D eigenvalue weighted by Gasteiger charge is 2.11. The lowest BCUT2D eigenvalue weighted by atomic mass is 10.4. The van der Waals surface area contributed by atoms with Crippen molar-refractivity contribution in [3.8, 4) is 0 Å². The van der Waals surface area contributed by atoms with Crippen molar-refractivity contribution >= 4 is 5.82 Å². The standard InChI is InChI=1S/C6H11N5O2/c1-7-3-2-4-10-8-5-6(9-10)11(12)13/h5,7H,2-4H2,1H3. The monoisotopic (exact) mass is 185 g/mol. The fourth-order valence-electron chi connectivity index (χ4n) is 0.877. The molecule has 0 fully saturated rings. The Balaban J connectivity index is 2.44. The lowest BCUT2D eigenvalue weighted by Crippen LogP contribution is -2.12. The Hall–Kier alpha value is -1.50. The SMILES string of the molecule is CNCCCn1ncc([N+](=O)[O-])n1. The van der Waals surface area contributed by atoms with Gasteiger partial charge in [-0.15, -0.1) is 5.10 Å². The first-order chi connectivity index (χ1) is 6.24. The van der Waals surface area contributed by atoms with Gasteiger partial charge in [0.25, 0.3) is 0 Å². The molecule has 0 bridgehead atoms. The van der Waals surface area contributed by atoms with Crippen LogP contribution in [0.5, 0.6) is 0 Å². The molecule has 0 atom stereocenters. The van der Waals surface area contributed by atoms with Gasteiger partial charge in [0.1, 0.15) is 0 Å². The number of aryl methyl sites for hydroxylation is 1. The van der Waals surface area contributed by atoms with Gasteiger partial charge in [-0.2, -0.15) is 0 Å². The van der Waals surface area contributed by atoms with Crippen molar-refractivity contribution in [3.63, 3.8) is 0 Å². The summed E-state index contributed by atoms with van der Waals surface area (Å²) in [5, 5.41) is 20.6. The molecule has 1 heterocycles. The maximum atomic E-state index is 10.2. The zero-order valence-electron chi connectivity index (χ0n) is 7.30. The first kappa shape index (κ1) is 9.59. The minimum Gasteiger partial charge on any atom is -0.358 e. The number of hydrogen-bond acceptors (Lipinski definition) is 5. The molecule has 1 aromatic rings. The van der Waals surface area contributed by atoms with E-state index in [0.29, 0.717) is 6.54 Å². The van der Waals surface area contributed by atoms with E-state index in [9.17, 15) is 10.1 Å². The molecule has 0 aliphatic rings. The summed E-state index contributed by atoms with van der Waals surface area (Å²) in [6.07, 6.45) is 2.00. The predicted octanol–water partition coefficient (Wildman–Crippen LogP) is -0.204. The van der Waals surface area contributed by atoms with Crippen LogP contribution in [0, 0.1) is 10.1 Å². The summed E-state index contributed by atoms with van der Waals surface area (Å²) in [6.45, 7) is 1.43. The third-order valence-corrected chi connectivity index (χ3v) is 1.50. The third-order valence-electron chi connectivity index (χ3n) is 1.50. The molecule has 1 rings (SSSR count). The van der Waals surface area contributed by atoms with Crippen LogP contribution in [0.15, 0.2) is 6.20 Å². The Labute approximate surface area is 74.9 Å². The van der Waals surface area contributed by atoms with E-state index in [0.717, 1.165) is 19.2 Å². The second kappa shape index (κ2) is 4.51. The summed E-state index contributed by atoms with van der Waals surface area (Å²) in [5.41, 5.74) is 0. The smallest absolute Gasteiger partial charge is 0.358 e. The van der Waals surface area contributed by atoms with Gasteiger partial charge in [0.05, 0.1) is 11.6 Å². The van der Waals surface area contributed by atoms with E-state index in [1.807, 2.05) is 7.05 Å². The summed E-state index contributed by atoms with van der Waals surface area (Å²) >= 11 is 0. The quantitative estimate of drug-likeness (QED) is 0.390. The van der Waals surface area contributed by atoms with Crippen LogP contribution < -0.4 is 5.32 Å². The molecule has 0 aliphatic heterocycles. The van der Waals surface area contributed by atoms with Crippen molar-refractivity contribution in [2.75, 3.05) is 13.6 Å². The number of hydrogen-bond donors (Lipinski definition) is 1. The Kier molecular flexibility index (Phi) is 3.32. The van der Waals surface area contributed by atoms with Gasteiger partial charge >= 0.3 is 5.82 Å². The van der Waals surface area contributed by atoms with Crippen LogP contribution in [0.1, 0.15) is 6.42 Å². The van der Waals surface area contributed by atoms with Crippen LogP contribution in [0.3, 0.4) is 0 Å². The number of nitro groups is 1. The average Bonchev–Trinajstić information content (AvgIpc) is 2.53. The van der Waals surface area contributed by atoms with Crippen LogP contribution >= 0.6 is 0 Å². The zero-order chi connectivity index (χ0) is 9.68. The topological polar surface area (TPSA) is 85.9 Å². The Morgan fingerprint density at radius 1 is 1.77 bits per heavy atom. The van der Waals surface area contributed by atoms with Crippen LogP contribution in [0.25, 0.3) is 0 Å². The van der Waals surface area contributed by atoms with E-state index >= 15 is 0 Å². The van der Waals surface area contributed by atoms with E-state index in [1.54, 1.807) is 0 Å². The normalized spacial score (nSPS) is 10.2. The molecule has 0 radical (unpaired) electrons. The highest BCUT2D eigenvalue weighted by Crippen LogP contribution is 2.01. The van der Waals surface area contributed by atoms with Crippen molar-refractivity contribution in [2.24, 2.45) is 0 Å². The molecule has 0 spiro atoms. The van der Waals surface area contributed by atoms with Crippen molar-refractivity contribution in [3.05, 3.63) is 16.3 Å². The first-order valence-electron chi connectivity index (χ1n) is 3.93. The molecule has 7 heteroatoms. The van der Waals surface area contributed by atoms with Gasteiger partial charge in [-0.05, 0) is 24.9 Å². The molecule has 7 nitrogen and oxygen atoms in total. The van der Waals surface area contributed by atoms with Crippen LogP contribution in [-0.2, 0) is 6.54 Å². The maximum absolute atomic E-state index is 10.2. The molecule has 0 amide bonds. The number of rotatable bonds is 5. The fourth-order valence-corrected chi connectivity index (χ4v) is 0.877. The zero-order valence-corrected chi connectivity index (χ0v) is 7.30. The Bertz CT molecular complexity index is 284.